The highest BCUT2D eigenvalue weighted by Gasteiger charge is 2.28. The minimum Gasteiger partial charge on any atom is -0.376 e. The summed E-state index contributed by atoms with van der Waals surface area (Å²) in [5, 5.41) is 7.39. The summed E-state index contributed by atoms with van der Waals surface area (Å²) in [4.78, 5) is 0. The van der Waals surface area contributed by atoms with Gasteiger partial charge in [-0.15, -0.1) is 0 Å². The van der Waals surface area contributed by atoms with Gasteiger partial charge in [-0.2, -0.15) is 0 Å². The molecule has 2 nitrogen and oxygen atoms in total. The molecule has 0 fully saturated rings. The molecule has 0 unspecified atom stereocenters. The molecule has 0 saturated heterocycles. The maximum absolute atomic E-state index is 3.86. The van der Waals surface area contributed by atoms with Crippen LogP contribution in [0.2, 0.25) is 0 Å². The van der Waals surface area contributed by atoms with Crippen molar-refractivity contribution in [1.82, 2.24) is 5.32 Å². The number of hydrogen-bond donors (Lipinski definition) is 2. The zero-order valence-corrected chi connectivity index (χ0v) is 15.3. The maximum atomic E-state index is 3.86. The Morgan fingerprint density at radius 1 is 0.846 bits per heavy atom. The lowest BCUT2D eigenvalue weighted by atomic mass is 9.83. The third-order valence-corrected chi connectivity index (χ3v) is 5.45. The predicted octanol–water partition coefficient (Wildman–Crippen LogP) is 4.96. The number of aryl methyl sites for hydroxylation is 1. The first-order chi connectivity index (χ1) is 12.8. The van der Waals surface area contributed by atoms with Crippen molar-refractivity contribution in [1.29, 1.82) is 0 Å². The van der Waals surface area contributed by atoms with Crippen LogP contribution in [0.4, 0.5) is 5.69 Å². The molecule has 4 rings (SSSR count). The van der Waals surface area contributed by atoms with Crippen LogP contribution in [0.1, 0.15) is 34.7 Å². The summed E-state index contributed by atoms with van der Waals surface area (Å²) >= 11 is 0. The van der Waals surface area contributed by atoms with Gasteiger partial charge in [-0.3, -0.25) is 0 Å². The molecule has 0 aromatic heterocycles. The van der Waals surface area contributed by atoms with Crippen LogP contribution in [0.25, 0.3) is 0 Å². The second-order valence-corrected chi connectivity index (χ2v) is 7.07. The summed E-state index contributed by atoms with van der Waals surface area (Å²) in [6.45, 7) is 0. The van der Waals surface area contributed by atoms with Crippen molar-refractivity contribution < 1.29 is 0 Å². The maximum Gasteiger partial charge on any atom is 0.0669 e. The monoisotopic (exact) mass is 342 g/mol. The van der Waals surface area contributed by atoms with Crippen molar-refractivity contribution in [2.75, 3.05) is 12.4 Å². The fourth-order valence-corrected chi connectivity index (χ4v) is 4.05. The summed E-state index contributed by atoms with van der Waals surface area (Å²) in [7, 11) is 2.07. The van der Waals surface area contributed by atoms with Crippen molar-refractivity contribution in [2.45, 2.75) is 31.3 Å². The van der Waals surface area contributed by atoms with E-state index in [1.54, 1.807) is 0 Å². The highest BCUT2D eigenvalue weighted by Crippen LogP contribution is 2.34. The van der Waals surface area contributed by atoms with Gasteiger partial charge in [0, 0.05) is 11.7 Å². The van der Waals surface area contributed by atoms with E-state index in [2.05, 4.69) is 96.5 Å². The van der Waals surface area contributed by atoms with E-state index in [1.165, 1.54) is 27.9 Å². The van der Waals surface area contributed by atoms with Crippen LogP contribution in [0.3, 0.4) is 0 Å². The van der Waals surface area contributed by atoms with Crippen molar-refractivity contribution in [3.63, 3.8) is 0 Å². The van der Waals surface area contributed by atoms with Crippen LogP contribution in [-0.4, -0.2) is 13.1 Å². The first-order valence-electron chi connectivity index (χ1n) is 9.48. The average Bonchev–Trinajstić information content (AvgIpc) is 2.70. The third-order valence-electron chi connectivity index (χ3n) is 5.45. The topological polar surface area (TPSA) is 24.1 Å². The highest BCUT2D eigenvalue weighted by molar-refractivity contribution is 5.55. The summed E-state index contributed by atoms with van der Waals surface area (Å²) in [6.07, 6.45) is 3.25. The van der Waals surface area contributed by atoms with Crippen LogP contribution >= 0.6 is 0 Å². The fraction of sp³-hybridized carbons (Fsp3) is 0.250. The quantitative estimate of drug-likeness (QED) is 0.684. The Morgan fingerprint density at radius 3 is 2.42 bits per heavy atom. The van der Waals surface area contributed by atoms with Crippen molar-refractivity contribution in [3.8, 4) is 0 Å². The Kier molecular flexibility index (Phi) is 5.03. The molecule has 2 N–H and O–H groups in total. The van der Waals surface area contributed by atoms with Gasteiger partial charge >= 0.3 is 0 Å². The summed E-state index contributed by atoms with van der Waals surface area (Å²) in [5.41, 5.74) is 6.82. The molecule has 0 heterocycles. The van der Waals surface area contributed by atoms with Crippen LogP contribution in [0, 0.1) is 0 Å². The molecular weight excluding hydrogens is 316 g/mol. The van der Waals surface area contributed by atoms with Gasteiger partial charge in [-0.05, 0) is 54.6 Å². The Hall–Kier alpha value is -2.58. The lowest BCUT2D eigenvalue weighted by Crippen LogP contribution is -2.39. The van der Waals surface area contributed by atoms with E-state index in [0.717, 1.165) is 19.3 Å². The SMILES string of the molecule is CN[C@@H]1CCc2ccccc2[C@H]1Nc1ccccc1Cc1ccccc1. The molecule has 0 radical (unpaired) electrons. The molecule has 2 atom stereocenters. The first kappa shape index (κ1) is 16.9. The number of nitrogens with one attached hydrogen (secondary N) is 2. The third kappa shape index (κ3) is 3.51. The Labute approximate surface area is 156 Å². The van der Waals surface area contributed by atoms with Gasteiger partial charge in [-0.25, -0.2) is 0 Å². The Balaban J connectivity index is 1.64. The van der Waals surface area contributed by atoms with Gasteiger partial charge in [0.2, 0.25) is 0 Å². The van der Waals surface area contributed by atoms with Crippen LogP contribution in [0.5, 0.6) is 0 Å². The van der Waals surface area contributed by atoms with Gasteiger partial charge in [0.1, 0.15) is 0 Å². The smallest absolute Gasteiger partial charge is 0.0669 e. The van der Waals surface area contributed by atoms with E-state index in [1.807, 2.05) is 0 Å². The Morgan fingerprint density at radius 2 is 1.58 bits per heavy atom. The van der Waals surface area contributed by atoms with Crippen molar-refractivity contribution in [3.05, 3.63) is 101 Å². The molecule has 0 amide bonds. The minimum absolute atomic E-state index is 0.293. The van der Waals surface area contributed by atoms with E-state index in [0.29, 0.717) is 12.1 Å². The number of likely N-dealkylation sites (N-methyl/N-ethyl adjacent to an activating group) is 1. The molecule has 0 spiro atoms. The second-order valence-electron chi connectivity index (χ2n) is 7.07. The number of para-hydroxylation sites is 1. The number of benzene rings is 3. The number of hydrogen-bond acceptors (Lipinski definition) is 2. The predicted molar refractivity (Wildman–Crippen MR) is 110 cm³/mol. The first-order valence-corrected chi connectivity index (χ1v) is 9.48. The molecule has 0 bridgehead atoms. The lowest BCUT2D eigenvalue weighted by molar-refractivity contribution is 0.439. The van der Waals surface area contributed by atoms with E-state index < -0.39 is 0 Å². The number of anilines is 1. The van der Waals surface area contributed by atoms with Gasteiger partial charge in [0.25, 0.3) is 0 Å². The number of rotatable bonds is 5. The molecular formula is C24H26N2. The van der Waals surface area contributed by atoms with Crippen LogP contribution in [-0.2, 0) is 12.8 Å². The summed E-state index contributed by atoms with van der Waals surface area (Å²) in [5.74, 6) is 0. The zero-order valence-electron chi connectivity index (χ0n) is 15.3. The second kappa shape index (κ2) is 7.76. The van der Waals surface area contributed by atoms with Crippen molar-refractivity contribution >= 4 is 5.69 Å². The van der Waals surface area contributed by atoms with Gasteiger partial charge in [0.05, 0.1) is 6.04 Å². The van der Waals surface area contributed by atoms with Crippen molar-refractivity contribution in [2.24, 2.45) is 0 Å². The molecule has 3 aromatic rings. The zero-order chi connectivity index (χ0) is 17.8. The molecule has 0 saturated carbocycles. The molecule has 26 heavy (non-hydrogen) atoms. The Bertz CT molecular complexity index is 857. The molecule has 3 aromatic carbocycles. The van der Waals surface area contributed by atoms with E-state index in [9.17, 15) is 0 Å². The molecule has 2 heteroatoms. The molecule has 1 aliphatic rings. The molecule has 132 valence electrons. The van der Waals surface area contributed by atoms with Crippen LogP contribution in [0.15, 0.2) is 78.9 Å². The largest absolute Gasteiger partial charge is 0.376 e. The lowest BCUT2D eigenvalue weighted by Gasteiger charge is -2.35. The molecule has 0 aliphatic heterocycles. The van der Waals surface area contributed by atoms with E-state index in [4.69, 9.17) is 0 Å². The minimum atomic E-state index is 0.293. The normalized spacial score (nSPS) is 19.0. The summed E-state index contributed by atoms with van der Waals surface area (Å²) in [6, 6.07) is 29.0. The highest BCUT2D eigenvalue weighted by atomic mass is 15.0. The van der Waals surface area contributed by atoms with Gasteiger partial charge in [0.15, 0.2) is 0 Å². The standard InChI is InChI=1S/C24H26N2/c1-25-23-16-15-19-11-5-7-13-21(19)24(23)26-22-14-8-6-12-20(22)17-18-9-3-2-4-10-18/h2-14,23-26H,15-17H2,1H3/t23-,24-/m1/s1. The molecule has 1 aliphatic carbocycles. The van der Waals surface area contributed by atoms with Gasteiger partial charge < -0.3 is 10.6 Å². The van der Waals surface area contributed by atoms with Gasteiger partial charge in [-0.1, -0.05) is 72.8 Å². The van der Waals surface area contributed by atoms with E-state index >= 15 is 0 Å². The van der Waals surface area contributed by atoms with Crippen LogP contribution < -0.4 is 10.6 Å². The number of fused-ring (bicyclic) bond motifs is 1. The average molecular weight is 342 g/mol. The van der Waals surface area contributed by atoms with E-state index in [-0.39, 0.29) is 0 Å². The summed E-state index contributed by atoms with van der Waals surface area (Å²) < 4.78 is 0. The fourth-order valence-electron chi connectivity index (χ4n) is 4.05.